The monoisotopic (exact) mass is 306 g/mol. The van der Waals surface area contributed by atoms with Crippen molar-refractivity contribution < 1.29 is 9.32 Å². The maximum atomic E-state index is 12.6. The third-order valence-corrected chi connectivity index (χ3v) is 5.14. The van der Waals surface area contributed by atoms with Gasteiger partial charge in [0, 0.05) is 38.3 Å². The highest BCUT2D eigenvalue weighted by atomic mass is 16.5. The van der Waals surface area contributed by atoms with Crippen molar-refractivity contribution in [2.45, 2.75) is 51.6 Å². The predicted molar refractivity (Wildman–Crippen MR) is 83.2 cm³/mol. The normalized spacial score (nSPS) is 22.2. The van der Waals surface area contributed by atoms with Crippen molar-refractivity contribution in [3.8, 4) is 0 Å². The number of nitrogens with zero attached hydrogens (tertiary/aromatic N) is 3. The first-order chi connectivity index (χ1) is 10.5. The Balaban J connectivity index is 1.55. The molecule has 0 atom stereocenters. The van der Waals surface area contributed by atoms with Crippen LogP contribution in [0.4, 0.5) is 0 Å². The Hall–Kier alpha value is -1.40. The summed E-state index contributed by atoms with van der Waals surface area (Å²) >= 11 is 0. The molecule has 2 heterocycles. The molecule has 1 aromatic heterocycles. The van der Waals surface area contributed by atoms with Crippen LogP contribution < -0.4 is 5.73 Å². The van der Waals surface area contributed by atoms with E-state index in [0.717, 1.165) is 69.9 Å². The second-order valence-electron chi connectivity index (χ2n) is 6.73. The Bertz CT molecular complexity index is 521. The molecule has 1 amide bonds. The van der Waals surface area contributed by atoms with Gasteiger partial charge in [-0.15, -0.1) is 0 Å². The number of hydrogen-bond acceptors (Lipinski definition) is 5. The Morgan fingerprint density at radius 3 is 2.41 bits per heavy atom. The minimum atomic E-state index is -0.593. The average Bonchev–Trinajstić information content (AvgIpc) is 3.09. The topological polar surface area (TPSA) is 75.6 Å². The minimum absolute atomic E-state index is 0.155. The Morgan fingerprint density at radius 1 is 1.23 bits per heavy atom. The molecule has 0 aromatic carbocycles. The van der Waals surface area contributed by atoms with Crippen molar-refractivity contribution >= 4 is 5.91 Å². The molecular weight excluding hydrogens is 280 g/mol. The van der Waals surface area contributed by atoms with Crippen LogP contribution in [0.15, 0.2) is 4.52 Å². The zero-order valence-electron chi connectivity index (χ0n) is 13.6. The minimum Gasteiger partial charge on any atom is -0.361 e. The fraction of sp³-hybridized carbons (Fsp3) is 0.750. The van der Waals surface area contributed by atoms with Crippen molar-refractivity contribution in [3.05, 3.63) is 17.0 Å². The first-order valence-electron chi connectivity index (χ1n) is 8.22. The zero-order chi connectivity index (χ0) is 15.7. The molecule has 1 aromatic rings. The summed E-state index contributed by atoms with van der Waals surface area (Å²) in [7, 11) is 0. The molecule has 6 heteroatoms. The van der Waals surface area contributed by atoms with Crippen LogP contribution in [0.3, 0.4) is 0 Å². The fourth-order valence-electron chi connectivity index (χ4n) is 3.59. The Kier molecular flexibility index (Phi) is 4.23. The van der Waals surface area contributed by atoms with Crippen LogP contribution in [0, 0.1) is 13.8 Å². The van der Waals surface area contributed by atoms with Crippen LogP contribution in [-0.4, -0.2) is 52.6 Å². The van der Waals surface area contributed by atoms with E-state index in [-0.39, 0.29) is 5.91 Å². The summed E-state index contributed by atoms with van der Waals surface area (Å²) in [6.45, 7) is 8.06. The van der Waals surface area contributed by atoms with E-state index in [1.165, 1.54) is 5.56 Å². The van der Waals surface area contributed by atoms with E-state index in [2.05, 4.69) is 10.1 Å². The number of carbonyl (C=O) groups is 1. The standard InChI is InChI=1S/C16H26N4O2/c1-12-14(13(2)22-18-12)11-19-7-9-20(10-8-19)15(21)16(17)5-3-4-6-16/h3-11,17H2,1-2H3. The van der Waals surface area contributed by atoms with Gasteiger partial charge in [-0.3, -0.25) is 9.69 Å². The lowest BCUT2D eigenvalue weighted by atomic mass is 9.97. The van der Waals surface area contributed by atoms with E-state index in [9.17, 15) is 4.79 Å². The predicted octanol–water partition coefficient (Wildman–Crippen LogP) is 1.21. The quantitative estimate of drug-likeness (QED) is 0.908. The summed E-state index contributed by atoms with van der Waals surface area (Å²) in [5.74, 6) is 1.05. The van der Waals surface area contributed by atoms with Crippen LogP contribution in [0.1, 0.15) is 42.7 Å². The van der Waals surface area contributed by atoms with E-state index >= 15 is 0 Å². The van der Waals surface area contributed by atoms with E-state index in [0.29, 0.717) is 0 Å². The van der Waals surface area contributed by atoms with Crippen molar-refractivity contribution in [2.75, 3.05) is 26.2 Å². The molecule has 1 saturated heterocycles. The Morgan fingerprint density at radius 2 is 1.86 bits per heavy atom. The van der Waals surface area contributed by atoms with Crippen molar-refractivity contribution in [2.24, 2.45) is 5.73 Å². The molecule has 2 aliphatic rings. The summed E-state index contributed by atoms with van der Waals surface area (Å²) < 4.78 is 5.22. The summed E-state index contributed by atoms with van der Waals surface area (Å²) in [5, 5.41) is 4.00. The number of nitrogens with two attached hydrogens (primary N) is 1. The van der Waals surface area contributed by atoms with Crippen LogP contribution in [0.25, 0.3) is 0 Å². The van der Waals surface area contributed by atoms with Gasteiger partial charge in [-0.25, -0.2) is 0 Å². The number of aromatic nitrogens is 1. The lowest BCUT2D eigenvalue weighted by Crippen LogP contribution is -2.58. The van der Waals surface area contributed by atoms with Crippen molar-refractivity contribution in [3.63, 3.8) is 0 Å². The largest absolute Gasteiger partial charge is 0.361 e. The summed E-state index contributed by atoms with van der Waals surface area (Å²) in [4.78, 5) is 16.9. The highest BCUT2D eigenvalue weighted by Crippen LogP contribution is 2.29. The smallest absolute Gasteiger partial charge is 0.242 e. The van der Waals surface area contributed by atoms with Gasteiger partial charge in [0.15, 0.2) is 0 Å². The van der Waals surface area contributed by atoms with Gasteiger partial charge in [-0.1, -0.05) is 18.0 Å². The van der Waals surface area contributed by atoms with Gasteiger partial charge in [-0.05, 0) is 26.7 Å². The maximum Gasteiger partial charge on any atom is 0.242 e. The first kappa shape index (κ1) is 15.5. The molecular formula is C16H26N4O2. The van der Waals surface area contributed by atoms with Crippen LogP contribution >= 0.6 is 0 Å². The third kappa shape index (κ3) is 2.90. The maximum absolute atomic E-state index is 12.6. The van der Waals surface area contributed by atoms with E-state index < -0.39 is 5.54 Å². The highest BCUT2D eigenvalue weighted by molar-refractivity contribution is 5.86. The van der Waals surface area contributed by atoms with Crippen LogP contribution in [0.5, 0.6) is 0 Å². The SMILES string of the molecule is Cc1noc(C)c1CN1CCN(C(=O)C2(N)CCCC2)CC1. The molecule has 6 nitrogen and oxygen atoms in total. The van der Waals surface area contributed by atoms with Crippen molar-refractivity contribution in [1.82, 2.24) is 15.0 Å². The molecule has 122 valence electrons. The summed E-state index contributed by atoms with van der Waals surface area (Å²) in [6.07, 6.45) is 3.83. The molecule has 3 rings (SSSR count). The Labute approximate surface area is 131 Å². The molecule has 0 radical (unpaired) electrons. The number of carbonyl (C=O) groups excluding carboxylic acids is 1. The number of aryl methyl sites for hydroxylation is 2. The summed E-state index contributed by atoms with van der Waals surface area (Å²) in [6, 6.07) is 0. The third-order valence-electron chi connectivity index (χ3n) is 5.14. The van der Waals surface area contributed by atoms with E-state index in [1.54, 1.807) is 0 Å². The number of rotatable bonds is 3. The van der Waals surface area contributed by atoms with Gasteiger partial charge >= 0.3 is 0 Å². The van der Waals surface area contributed by atoms with E-state index in [1.807, 2.05) is 18.7 Å². The van der Waals surface area contributed by atoms with Gasteiger partial charge < -0.3 is 15.2 Å². The highest BCUT2D eigenvalue weighted by Gasteiger charge is 2.40. The molecule has 1 aliphatic carbocycles. The van der Waals surface area contributed by atoms with Gasteiger partial charge in [-0.2, -0.15) is 0 Å². The fourth-order valence-corrected chi connectivity index (χ4v) is 3.59. The van der Waals surface area contributed by atoms with E-state index in [4.69, 9.17) is 10.3 Å². The van der Waals surface area contributed by atoms with Gasteiger partial charge in [0.1, 0.15) is 5.76 Å². The number of hydrogen-bond donors (Lipinski definition) is 1. The first-order valence-corrected chi connectivity index (χ1v) is 8.22. The molecule has 0 bridgehead atoms. The lowest BCUT2D eigenvalue weighted by molar-refractivity contribution is -0.138. The van der Waals surface area contributed by atoms with Gasteiger partial charge in [0.2, 0.25) is 5.91 Å². The second kappa shape index (κ2) is 6.01. The van der Waals surface area contributed by atoms with Crippen LogP contribution in [0.2, 0.25) is 0 Å². The summed E-state index contributed by atoms with van der Waals surface area (Å²) in [5.41, 5.74) is 7.83. The molecule has 0 unspecified atom stereocenters. The van der Waals surface area contributed by atoms with Gasteiger partial charge in [0.25, 0.3) is 0 Å². The van der Waals surface area contributed by atoms with Crippen LogP contribution in [-0.2, 0) is 11.3 Å². The molecule has 2 N–H and O–H groups in total. The van der Waals surface area contributed by atoms with Crippen molar-refractivity contribution in [1.29, 1.82) is 0 Å². The molecule has 1 aliphatic heterocycles. The zero-order valence-corrected chi connectivity index (χ0v) is 13.6. The second-order valence-corrected chi connectivity index (χ2v) is 6.73. The molecule has 1 saturated carbocycles. The molecule has 0 spiro atoms. The number of amides is 1. The average molecular weight is 306 g/mol. The van der Waals surface area contributed by atoms with Gasteiger partial charge in [0.05, 0.1) is 11.2 Å². The number of piperazine rings is 1. The molecule has 2 fully saturated rings. The lowest BCUT2D eigenvalue weighted by Gasteiger charge is -2.38. The molecule has 22 heavy (non-hydrogen) atoms.